The summed E-state index contributed by atoms with van der Waals surface area (Å²) >= 11 is 0. The highest BCUT2D eigenvalue weighted by Crippen LogP contribution is 2.35. The molecule has 0 saturated carbocycles. The Morgan fingerprint density at radius 1 is 1.33 bits per heavy atom. The van der Waals surface area contributed by atoms with Crippen molar-refractivity contribution in [3.8, 4) is 0 Å². The number of ether oxygens (including phenoxy) is 2. The summed E-state index contributed by atoms with van der Waals surface area (Å²) in [6, 6.07) is 0. The van der Waals surface area contributed by atoms with Gasteiger partial charge >= 0.3 is 0 Å². The fourth-order valence-corrected chi connectivity index (χ4v) is 1.21. The van der Waals surface area contributed by atoms with Crippen LogP contribution < -0.4 is 0 Å². The molecule has 0 bridgehead atoms. The van der Waals surface area contributed by atoms with Crippen LogP contribution in [0, 0.1) is 5.41 Å². The number of rotatable bonds is 1. The van der Waals surface area contributed by atoms with E-state index >= 15 is 0 Å². The molecule has 0 spiro atoms. The van der Waals surface area contributed by atoms with Gasteiger partial charge in [-0.25, -0.2) is 0 Å². The monoisotopic (exact) mass is 172 g/mol. The van der Waals surface area contributed by atoms with Crippen LogP contribution in [0.1, 0.15) is 41.0 Å². The summed E-state index contributed by atoms with van der Waals surface area (Å²) in [7, 11) is 0. The number of hydrogen-bond donors (Lipinski definition) is 0. The topological polar surface area (TPSA) is 18.5 Å². The normalized spacial score (nSPS) is 41.2. The zero-order chi connectivity index (χ0) is 9.41. The molecule has 1 fully saturated rings. The highest BCUT2D eigenvalue weighted by atomic mass is 16.7. The molecule has 0 radical (unpaired) electrons. The molecule has 2 atom stereocenters. The van der Waals surface area contributed by atoms with Crippen molar-refractivity contribution in [1.82, 2.24) is 0 Å². The van der Waals surface area contributed by atoms with E-state index in [0.717, 1.165) is 13.0 Å². The molecule has 1 heterocycles. The van der Waals surface area contributed by atoms with Gasteiger partial charge in [0.15, 0.2) is 5.79 Å². The van der Waals surface area contributed by atoms with E-state index in [1.165, 1.54) is 0 Å². The van der Waals surface area contributed by atoms with E-state index in [4.69, 9.17) is 9.47 Å². The second-order valence-corrected chi connectivity index (χ2v) is 4.52. The minimum Gasteiger partial charge on any atom is -0.350 e. The lowest BCUT2D eigenvalue weighted by molar-refractivity contribution is -0.317. The van der Waals surface area contributed by atoms with Crippen molar-refractivity contribution in [2.45, 2.75) is 52.9 Å². The molecular formula is C10H20O2. The molecule has 0 N–H and O–H groups in total. The van der Waals surface area contributed by atoms with Crippen molar-refractivity contribution in [3.63, 3.8) is 0 Å². The summed E-state index contributed by atoms with van der Waals surface area (Å²) in [4.78, 5) is 0. The molecule has 2 nitrogen and oxygen atoms in total. The first-order valence-corrected chi connectivity index (χ1v) is 4.71. The van der Waals surface area contributed by atoms with Gasteiger partial charge < -0.3 is 9.47 Å². The third kappa shape index (κ3) is 1.80. The Balaban J connectivity index is 2.63. The first kappa shape index (κ1) is 10.0. The maximum atomic E-state index is 5.82. The van der Waals surface area contributed by atoms with Gasteiger partial charge in [-0.05, 0) is 20.3 Å². The quantitative estimate of drug-likeness (QED) is 0.605. The summed E-state index contributed by atoms with van der Waals surface area (Å²) in [5, 5.41) is 0. The molecule has 0 aromatic rings. The largest absolute Gasteiger partial charge is 0.350 e. The average Bonchev–Trinajstić information content (AvgIpc) is 1.99. The van der Waals surface area contributed by atoms with Gasteiger partial charge in [0.05, 0.1) is 12.7 Å². The summed E-state index contributed by atoms with van der Waals surface area (Å²) in [5.41, 5.74) is 0.147. The molecule has 0 unspecified atom stereocenters. The van der Waals surface area contributed by atoms with Crippen LogP contribution >= 0.6 is 0 Å². The van der Waals surface area contributed by atoms with Gasteiger partial charge in [-0.15, -0.1) is 0 Å². The Bertz CT molecular complexity index is 165. The smallest absolute Gasteiger partial charge is 0.165 e. The van der Waals surface area contributed by atoms with Crippen molar-refractivity contribution < 1.29 is 9.47 Å². The lowest BCUT2D eigenvalue weighted by Crippen LogP contribution is -2.50. The van der Waals surface area contributed by atoms with Gasteiger partial charge in [0.1, 0.15) is 0 Å². The van der Waals surface area contributed by atoms with Crippen LogP contribution in [0.15, 0.2) is 0 Å². The van der Waals surface area contributed by atoms with Gasteiger partial charge in [-0.3, -0.25) is 0 Å². The molecule has 1 aliphatic heterocycles. The van der Waals surface area contributed by atoms with Crippen LogP contribution in [-0.2, 0) is 9.47 Å². The average molecular weight is 172 g/mol. The van der Waals surface area contributed by atoms with E-state index in [2.05, 4.69) is 27.7 Å². The molecule has 0 aromatic heterocycles. The Morgan fingerprint density at radius 2 is 1.92 bits per heavy atom. The maximum absolute atomic E-state index is 5.82. The molecule has 1 rings (SSSR count). The van der Waals surface area contributed by atoms with Gasteiger partial charge in [-0.2, -0.15) is 0 Å². The second-order valence-electron chi connectivity index (χ2n) is 4.52. The first-order chi connectivity index (χ1) is 5.40. The van der Waals surface area contributed by atoms with E-state index in [0.29, 0.717) is 0 Å². The van der Waals surface area contributed by atoms with Crippen molar-refractivity contribution in [2.24, 2.45) is 5.41 Å². The molecule has 72 valence electrons. The van der Waals surface area contributed by atoms with Gasteiger partial charge in [0.25, 0.3) is 0 Å². The molecular weight excluding hydrogens is 152 g/mol. The minimum atomic E-state index is -0.352. The Hall–Kier alpha value is -0.0800. The molecule has 0 aromatic carbocycles. The minimum absolute atomic E-state index is 0.147. The fraction of sp³-hybridized carbons (Fsp3) is 1.00. The molecule has 0 aliphatic carbocycles. The molecule has 1 saturated heterocycles. The van der Waals surface area contributed by atoms with Crippen LogP contribution in [0.4, 0.5) is 0 Å². The third-order valence-corrected chi connectivity index (χ3v) is 2.92. The highest BCUT2D eigenvalue weighted by molar-refractivity contribution is 4.82. The van der Waals surface area contributed by atoms with Gasteiger partial charge in [0, 0.05) is 5.41 Å². The van der Waals surface area contributed by atoms with Crippen molar-refractivity contribution in [1.29, 1.82) is 0 Å². The second kappa shape index (κ2) is 3.00. The number of hydrogen-bond acceptors (Lipinski definition) is 2. The van der Waals surface area contributed by atoms with Crippen LogP contribution in [0.25, 0.3) is 0 Å². The first-order valence-electron chi connectivity index (χ1n) is 4.71. The Labute approximate surface area is 75.2 Å². The Morgan fingerprint density at radius 3 is 2.33 bits per heavy atom. The lowest BCUT2D eigenvalue weighted by Gasteiger charge is -2.45. The molecule has 12 heavy (non-hydrogen) atoms. The predicted octanol–water partition coefficient (Wildman–Crippen LogP) is 2.57. The summed E-state index contributed by atoms with van der Waals surface area (Å²) in [6.45, 7) is 11.4. The van der Waals surface area contributed by atoms with E-state index in [1.54, 1.807) is 0 Å². The SMILES string of the molecule is CC[C@@]1(C)OCC(C)(C)[C@H](C)O1. The lowest BCUT2D eigenvalue weighted by atomic mass is 9.87. The van der Waals surface area contributed by atoms with Crippen molar-refractivity contribution in [2.75, 3.05) is 6.61 Å². The molecule has 2 heteroatoms. The summed E-state index contributed by atoms with van der Waals surface area (Å²) in [6.07, 6.45) is 1.18. The van der Waals surface area contributed by atoms with Gasteiger partial charge in [-0.1, -0.05) is 20.8 Å². The zero-order valence-corrected chi connectivity index (χ0v) is 8.81. The molecule has 0 amide bonds. The molecule has 1 aliphatic rings. The van der Waals surface area contributed by atoms with Gasteiger partial charge in [0.2, 0.25) is 0 Å². The zero-order valence-electron chi connectivity index (χ0n) is 8.81. The summed E-state index contributed by atoms with van der Waals surface area (Å²) in [5.74, 6) is -0.352. The fourth-order valence-electron chi connectivity index (χ4n) is 1.21. The summed E-state index contributed by atoms with van der Waals surface area (Å²) < 4.78 is 11.5. The van der Waals surface area contributed by atoms with Crippen LogP contribution in [0.3, 0.4) is 0 Å². The van der Waals surface area contributed by atoms with Crippen LogP contribution in [0.2, 0.25) is 0 Å². The third-order valence-electron chi connectivity index (χ3n) is 2.92. The predicted molar refractivity (Wildman–Crippen MR) is 49.0 cm³/mol. The Kier molecular flexibility index (Phi) is 2.50. The van der Waals surface area contributed by atoms with E-state index in [9.17, 15) is 0 Å². The van der Waals surface area contributed by atoms with Crippen LogP contribution in [0.5, 0.6) is 0 Å². The van der Waals surface area contributed by atoms with Crippen molar-refractivity contribution >= 4 is 0 Å². The standard InChI is InChI=1S/C10H20O2/c1-6-10(5)11-7-9(3,4)8(2)12-10/h8H,6-7H2,1-5H3/t8-,10-/m0/s1. The van der Waals surface area contributed by atoms with E-state index < -0.39 is 0 Å². The van der Waals surface area contributed by atoms with Crippen LogP contribution in [-0.4, -0.2) is 18.5 Å². The highest BCUT2D eigenvalue weighted by Gasteiger charge is 2.40. The van der Waals surface area contributed by atoms with E-state index in [1.807, 2.05) is 6.92 Å². The van der Waals surface area contributed by atoms with E-state index in [-0.39, 0.29) is 17.3 Å². The van der Waals surface area contributed by atoms with Crippen molar-refractivity contribution in [3.05, 3.63) is 0 Å². The maximum Gasteiger partial charge on any atom is 0.165 e.